The SMILES string of the molecule is Fc1ccc2c(c1)CC1(COC1)N2. The molecule has 1 aromatic rings. The Hall–Kier alpha value is -1.09. The summed E-state index contributed by atoms with van der Waals surface area (Å²) >= 11 is 0. The number of anilines is 1. The fourth-order valence-corrected chi connectivity index (χ4v) is 2.05. The van der Waals surface area contributed by atoms with Crippen molar-refractivity contribution in [3.63, 3.8) is 0 Å². The molecule has 0 amide bonds. The van der Waals surface area contributed by atoms with E-state index in [0.29, 0.717) is 0 Å². The highest BCUT2D eigenvalue weighted by Crippen LogP contribution is 2.36. The van der Waals surface area contributed by atoms with E-state index >= 15 is 0 Å². The second-order valence-electron chi connectivity index (χ2n) is 3.88. The van der Waals surface area contributed by atoms with Crippen LogP contribution in [0.1, 0.15) is 5.56 Å². The number of nitrogens with one attached hydrogen (secondary N) is 1. The van der Waals surface area contributed by atoms with Crippen molar-refractivity contribution in [2.75, 3.05) is 18.5 Å². The first-order chi connectivity index (χ1) is 6.27. The van der Waals surface area contributed by atoms with Crippen LogP contribution in [0.4, 0.5) is 10.1 Å². The van der Waals surface area contributed by atoms with Crippen LogP contribution in [0.15, 0.2) is 18.2 Å². The minimum Gasteiger partial charge on any atom is -0.376 e. The van der Waals surface area contributed by atoms with Crippen LogP contribution in [0.25, 0.3) is 0 Å². The van der Waals surface area contributed by atoms with Crippen LogP contribution in [-0.2, 0) is 11.2 Å². The second kappa shape index (κ2) is 2.23. The smallest absolute Gasteiger partial charge is 0.123 e. The molecule has 68 valence electrons. The Morgan fingerprint density at radius 3 is 2.92 bits per heavy atom. The van der Waals surface area contributed by atoms with Crippen LogP contribution >= 0.6 is 0 Å². The van der Waals surface area contributed by atoms with Gasteiger partial charge in [-0.3, -0.25) is 0 Å². The molecule has 0 saturated carbocycles. The van der Waals surface area contributed by atoms with Crippen LogP contribution < -0.4 is 5.32 Å². The summed E-state index contributed by atoms with van der Waals surface area (Å²) in [6.07, 6.45) is 0.889. The average Bonchev–Trinajstić information content (AvgIpc) is 2.41. The minimum atomic E-state index is -0.155. The molecule has 3 heteroatoms. The van der Waals surface area contributed by atoms with Crippen LogP contribution in [0, 0.1) is 5.82 Å². The first-order valence-corrected chi connectivity index (χ1v) is 4.42. The lowest BCUT2D eigenvalue weighted by molar-refractivity contribution is -0.0376. The van der Waals surface area contributed by atoms with Gasteiger partial charge in [-0.05, 0) is 23.8 Å². The lowest BCUT2D eigenvalue weighted by Gasteiger charge is -2.38. The Labute approximate surface area is 75.7 Å². The van der Waals surface area contributed by atoms with Gasteiger partial charge in [-0.25, -0.2) is 4.39 Å². The average molecular weight is 179 g/mol. The zero-order valence-electron chi connectivity index (χ0n) is 7.14. The fourth-order valence-electron chi connectivity index (χ4n) is 2.05. The van der Waals surface area contributed by atoms with Crippen LogP contribution in [-0.4, -0.2) is 18.8 Å². The molecule has 3 rings (SSSR count). The Kier molecular flexibility index (Phi) is 1.26. The molecule has 0 unspecified atom stereocenters. The van der Waals surface area contributed by atoms with Gasteiger partial charge in [0.15, 0.2) is 0 Å². The first kappa shape index (κ1) is 7.33. The largest absolute Gasteiger partial charge is 0.376 e. The number of halogens is 1. The zero-order valence-corrected chi connectivity index (χ0v) is 7.14. The molecule has 2 aliphatic rings. The van der Waals surface area contributed by atoms with Crippen molar-refractivity contribution in [1.82, 2.24) is 0 Å². The summed E-state index contributed by atoms with van der Waals surface area (Å²) in [4.78, 5) is 0. The van der Waals surface area contributed by atoms with Crippen LogP contribution in [0.2, 0.25) is 0 Å². The summed E-state index contributed by atoms with van der Waals surface area (Å²) in [7, 11) is 0. The molecule has 2 aliphatic heterocycles. The zero-order chi connectivity index (χ0) is 8.89. The summed E-state index contributed by atoms with van der Waals surface area (Å²) in [5.41, 5.74) is 2.21. The molecular weight excluding hydrogens is 169 g/mol. The Morgan fingerprint density at radius 1 is 1.38 bits per heavy atom. The topological polar surface area (TPSA) is 21.3 Å². The van der Waals surface area contributed by atoms with Crippen LogP contribution in [0.3, 0.4) is 0 Å². The van der Waals surface area contributed by atoms with E-state index in [4.69, 9.17) is 4.74 Å². The van der Waals surface area contributed by atoms with E-state index in [1.54, 1.807) is 12.1 Å². The maximum absolute atomic E-state index is 12.9. The molecule has 1 N–H and O–H groups in total. The normalized spacial score (nSPS) is 22.2. The monoisotopic (exact) mass is 179 g/mol. The molecular formula is C10H10FNO. The van der Waals surface area contributed by atoms with E-state index in [2.05, 4.69) is 5.32 Å². The van der Waals surface area contributed by atoms with Crippen molar-refractivity contribution in [3.05, 3.63) is 29.6 Å². The van der Waals surface area contributed by atoms with Gasteiger partial charge in [-0.1, -0.05) is 0 Å². The van der Waals surface area contributed by atoms with Gasteiger partial charge in [0.2, 0.25) is 0 Å². The van der Waals surface area contributed by atoms with Gasteiger partial charge in [-0.2, -0.15) is 0 Å². The Bertz CT molecular complexity index is 360. The molecule has 2 nitrogen and oxygen atoms in total. The standard InChI is InChI=1S/C10H10FNO/c11-8-1-2-9-7(3-8)4-10(12-9)5-13-6-10/h1-3,12H,4-6H2. The molecule has 0 aromatic heterocycles. The minimum absolute atomic E-state index is 0.0795. The molecule has 1 spiro atoms. The molecule has 2 heterocycles. The molecule has 0 atom stereocenters. The maximum atomic E-state index is 12.9. The van der Waals surface area contributed by atoms with E-state index in [1.165, 1.54) is 6.07 Å². The van der Waals surface area contributed by atoms with Gasteiger partial charge in [0.1, 0.15) is 5.82 Å². The number of ether oxygens (including phenoxy) is 1. The second-order valence-corrected chi connectivity index (χ2v) is 3.88. The van der Waals surface area contributed by atoms with Crippen molar-refractivity contribution in [3.8, 4) is 0 Å². The molecule has 1 fully saturated rings. The van der Waals surface area contributed by atoms with Crippen molar-refractivity contribution >= 4 is 5.69 Å². The summed E-state index contributed by atoms with van der Waals surface area (Å²) in [6.45, 7) is 1.48. The molecule has 1 saturated heterocycles. The molecule has 0 bridgehead atoms. The van der Waals surface area contributed by atoms with Crippen molar-refractivity contribution < 1.29 is 9.13 Å². The molecule has 13 heavy (non-hydrogen) atoms. The number of rotatable bonds is 0. The predicted octanol–water partition coefficient (Wildman–Crippen LogP) is 1.56. The highest BCUT2D eigenvalue weighted by atomic mass is 19.1. The highest BCUT2D eigenvalue weighted by Gasteiger charge is 2.43. The number of hydrogen-bond acceptors (Lipinski definition) is 2. The summed E-state index contributed by atoms with van der Waals surface area (Å²) in [5.74, 6) is -0.155. The lowest BCUT2D eigenvalue weighted by Crippen LogP contribution is -2.54. The lowest BCUT2D eigenvalue weighted by atomic mass is 9.94. The Balaban J connectivity index is 1.99. The third-order valence-corrected chi connectivity index (χ3v) is 2.75. The Morgan fingerprint density at radius 2 is 2.23 bits per heavy atom. The van der Waals surface area contributed by atoms with Crippen molar-refractivity contribution in [2.45, 2.75) is 12.0 Å². The summed E-state index contributed by atoms with van der Waals surface area (Å²) in [5, 5.41) is 3.38. The van der Waals surface area contributed by atoms with Gasteiger partial charge in [-0.15, -0.1) is 0 Å². The van der Waals surface area contributed by atoms with Gasteiger partial charge in [0.25, 0.3) is 0 Å². The quantitative estimate of drug-likeness (QED) is 0.652. The van der Waals surface area contributed by atoms with Gasteiger partial charge >= 0.3 is 0 Å². The summed E-state index contributed by atoms with van der Waals surface area (Å²) in [6, 6.07) is 4.90. The predicted molar refractivity (Wildman–Crippen MR) is 47.3 cm³/mol. The van der Waals surface area contributed by atoms with Crippen molar-refractivity contribution in [2.24, 2.45) is 0 Å². The number of fused-ring (bicyclic) bond motifs is 1. The number of hydrogen-bond donors (Lipinski definition) is 1. The van der Waals surface area contributed by atoms with E-state index in [0.717, 1.165) is 30.9 Å². The van der Waals surface area contributed by atoms with Gasteiger partial charge in [0, 0.05) is 12.1 Å². The van der Waals surface area contributed by atoms with E-state index in [-0.39, 0.29) is 11.4 Å². The van der Waals surface area contributed by atoms with E-state index < -0.39 is 0 Å². The number of benzene rings is 1. The molecule has 0 radical (unpaired) electrons. The van der Waals surface area contributed by atoms with Gasteiger partial charge in [0.05, 0.1) is 18.8 Å². The van der Waals surface area contributed by atoms with E-state index in [1.807, 2.05) is 0 Å². The molecule has 1 aromatic carbocycles. The molecule has 0 aliphatic carbocycles. The third-order valence-electron chi connectivity index (χ3n) is 2.75. The van der Waals surface area contributed by atoms with Crippen molar-refractivity contribution in [1.29, 1.82) is 0 Å². The highest BCUT2D eigenvalue weighted by molar-refractivity contribution is 5.59. The maximum Gasteiger partial charge on any atom is 0.123 e. The summed E-state index contributed by atoms with van der Waals surface area (Å²) < 4.78 is 18.0. The third kappa shape index (κ3) is 0.968. The van der Waals surface area contributed by atoms with Crippen LogP contribution in [0.5, 0.6) is 0 Å². The first-order valence-electron chi connectivity index (χ1n) is 4.42. The van der Waals surface area contributed by atoms with E-state index in [9.17, 15) is 4.39 Å². The fraction of sp³-hybridized carbons (Fsp3) is 0.400. The van der Waals surface area contributed by atoms with Gasteiger partial charge < -0.3 is 10.1 Å².